The van der Waals surface area contributed by atoms with Crippen LogP contribution >= 0.6 is 0 Å². The number of fused-ring (bicyclic) bond motifs is 1. The highest BCUT2D eigenvalue weighted by molar-refractivity contribution is 5.94. The quantitative estimate of drug-likeness (QED) is 0.567. The van der Waals surface area contributed by atoms with Crippen LogP contribution in [0.15, 0.2) is 34.7 Å². The lowest BCUT2D eigenvalue weighted by atomic mass is 9.86. The van der Waals surface area contributed by atoms with Gasteiger partial charge in [-0.3, -0.25) is 4.79 Å². The first-order valence-corrected chi connectivity index (χ1v) is 12.1. The van der Waals surface area contributed by atoms with Gasteiger partial charge in [0.1, 0.15) is 17.5 Å². The molecule has 0 fully saturated rings. The summed E-state index contributed by atoms with van der Waals surface area (Å²) in [5, 5.41) is 11.1. The first-order valence-electron chi connectivity index (χ1n) is 12.1. The number of benzene rings is 1. The van der Waals surface area contributed by atoms with Gasteiger partial charge >= 0.3 is 6.09 Å². The van der Waals surface area contributed by atoms with E-state index in [2.05, 4.69) is 15.5 Å². The number of ether oxygens (including phenoxy) is 1. The number of imidazole rings is 1. The summed E-state index contributed by atoms with van der Waals surface area (Å²) in [6, 6.07) is 9.17. The summed E-state index contributed by atoms with van der Waals surface area (Å²) in [4.78, 5) is 32.9. The van der Waals surface area contributed by atoms with Gasteiger partial charge in [-0.15, -0.1) is 10.2 Å². The van der Waals surface area contributed by atoms with Gasteiger partial charge in [-0.2, -0.15) is 0 Å². The number of rotatable bonds is 4. The van der Waals surface area contributed by atoms with Crippen LogP contribution in [0, 0.1) is 12.3 Å². The Morgan fingerprint density at radius 1 is 1.06 bits per heavy atom. The molecule has 1 aliphatic rings. The standard InChI is InChI=1S/C26H34N6O4/c1-16-29-30-23(35-16)20(25(2,3)4)28-22(33)19-18-15-31(24(34)36-26(5,6)7)13-14-32(18)21(27-19)17-11-9-8-10-12-17/h8-12,20H,13-15H2,1-7H3,(H,28,33). The second kappa shape index (κ2) is 9.40. The van der Waals surface area contributed by atoms with Crippen molar-refractivity contribution in [2.24, 2.45) is 5.41 Å². The minimum atomic E-state index is -0.619. The van der Waals surface area contributed by atoms with E-state index in [1.54, 1.807) is 11.8 Å². The Morgan fingerprint density at radius 3 is 2.33 bits per heavy atom. The fourth-order valence-electron chi connectivity index (χ4n) is 4.12. The molecule has 10 heteroatoms. The number of nitrogens with zero attached hydrogens (tertiary/aromatic N) is 5. The van der Waals surface area contributed by atoms with Crippen molar-refractivity contribution in [3.05, 3.63) is 53.5 Å². The smallest absolute Gasteiger partial charge is 0.410 e. The minimum Gasteiger partial charge on any atom is -0.444 e. The third-order valence-corrected chi connectivity index (χ3v) is 5.84. The molecule has 1 unspecified atom stereocenters. The van der Waals surface area contributed by atoms with Crippen LogP contribution in [0.25, 0.3) is 11.4 Å². The maximum Gasteiger partial charge on any atom is 0.410 e. The van der Waals surface area contributed by atoms with Gasteiger partial charge in [0, 0.05) is 25.6 Å². The van der Waals surface area contributed by atoms with Crippen molar-refractivity contribution in [1.29, 1.82) is 0 Å². The molecule has 1 N–H and O–H groups in total. The molecule has 0 saturated carbocycles. The number of hydrogen-bond donors (Lipinski definition) is 1. The summed E-state index contributed by atoms with van der Waals surface area (Å²) >= 11 is 0. The van der Waals surface area contributed by atoms with Gasteiger partial charge in [-0.25, -0.2) is 9.78 Å². The molecule has 1 atom stereocenters. The predicted octanol–water partition coefficient (Wildman–Crippen LogP) is 4.51. The van der Waals surface area contributed by atoms with E-state index >= 15 is 0 Å². The summed E-state index contributed by atoms with van der Waals surface area (Å²) in [6.07, 6.45) is -0.420. The SMILES string of the molecule is Cc1nnc(C(NC(=O)c2nc(-c3ccccc3)n3c2CN(C(=O)OC(C)(C)C)CC3)C(C)(C)C)o1. The molecule has 2 aromatic heterocycles. The highest BCUT2D eigenvalue weighted by atomic mass is 16.6. The van der Waals surface area contributed by atoms with Crippen LogP contribution in [0.5, 0.6) is 0 Å². The molecule has 3 aromatic rings. The van der Waals surface area contributed by atoms with Gasteiger partial charge in [0.25, 0.3) is 5.91 Å². The molecule has 3 heterocycles. The largest absolute Gasteiger partial charge is 0.444 e. The van der Waals surface area contributed by atoms with Crippen LogP contribution in [0.1, 0.15) is 75.5 Å². The monoisotopic (exact) mass is 494 g/mol. The zero-order valence-corrected chi connectivity index (χ0v) is 22.0. The maximum atomic E-state index is 13.7. The van der Waals surface area contributed by atoms with Gasteiger partial charge in [0.05, 0.1) is 12.2 Å². The molecular formula is C26H34N6O4. The van der Waals surface area contributed by atoms with E-state index in [4.69, 9.17) is 14.1 Å². The van der Waals surface area contributed by atoms with E-state index in [9.17, 15) is 9.59 Å². The predicted molar refractivity (Wildman–Crippen MR) is 133 cm³/mol. The molecule has 192 valence electrons. The number of aryl methyl sites for hydroxylation is 1. The molecule has 0 bridgehead atoms. The lowest BCUT2D eigenvalue weighted by molar-refractivity contribution is 0.0198. The normalized spacial score (nSPS) is 14.8. The van der Waals surface area contributed by atoms with E-state index < -0.39 is 23.2 Å². The van der Waals surface area contributed by atoms with Crippen molar-refractivity contribution in [1.82, 2.24) is 30.0 Å². The summed E-state index contributed by atoms with van der Waals surface area (Å²) in [7, 11) is 0. The second-order valence-corrected chi connectivity index (χ2v) is 11.1. The number of aromatic nitrogens is 4. The lowest BCUT2D eigenvalue weighted by Gasteiger charge is -2.32. The highest BCUT2D eigenvalue weighted by Gasteiger charge is 2.36. The molecular weight excluding hydrogens is 460 g/mol. The molecule has 2 amide bonds. The number of carbonyl (C=O) groups is 2. The van der Waals surface area contributed by atoms with Gasteiger partial charge in [-0.1, -0.05) is 51.1 Å². The van der Waals surface area contributed by atoms with Crippen molar-refractivity contribution < 1.29 is 18.7 Å². The van der Waals surface area contributed by atoms with Crippen molar-refractivity contribution in [2.75, 3.05) is 6.54 Å². The summed E-state index contributed by atoms with van der Waals surface area (Å²) in [5.74, 6) is 1.07. The van der Waals surface area contributed by atoms with E-state index in [-0.39, 0.29) is 18.1 Å². The van der Waals surface area contributed by atoms with Crippen molar-refractivity contribution in [2.45, 2.75) is 73.2 Å². The average Bonchev–Trinajstić information content (AvgIpc) is 3.39. The molecule has 4 rings (SSSR count). The first-order chi connectivity index (χ1) is 16.8. The maximum absolute atomic E-state index is 13.7. The zero-order valence-electron chi connectivity index (χ0n) is 22.0. The molecule has 36 heavy (non-hydrogen) atoms. The van der Waals surface area contributed by atoms with Crippen LogP contribution in [0.4, 0.5) is 4.79 Å². The Morgan fingerprint density at radius 2 is 1.75 bits per heavy atom. The Labute approximate surface area is 211 Å². The van der Waals surface area contributed by atoms with Crippen LogP contribution in [0.3, 0.4) is 0 Å². The number of nitrogens with one attached hydrogen (secondary N) is 1. The highest BCUT2D eigenvalue weighted by Crippen LogP contribution is 2.33. The number of amides is 2. The van der Waals surface area contributed by atoms with Crippen molar-refractivity contribution in [3.8, 4) is 11.4 Å². The molecule has 1 aliphatic heterocycles. The van der Waals surface area contributed by atoms with Crippen LogP contribution in [-0.4, -0.2) is 48.8 Å². The Balaban J connectivity index is 1.71. The second-order valence-electron chi connectivity index (χ2n) is 11.1. The number of hydrogen-bond acceptors (Lipinski definition) is 7. The van der Waals surface area contributed by atoms with Gasteiger partial charge in [-0.05, 0) is 26.2 Å². The average molecular weight is 495 g/mol. The molecule has 0 saturated heterocycles. The fraction of sp³-hybridized carbons (Fsp3) is 0.500. The molecule has 1 aromatic carbocycles. The molecule has 0 aliphatic carbocycles. The third-order valence-electron chi connectivity index (χ3n) is 5.84. The van der Waals surface area contributed by atoms with Gasteiger partial charge in [0.2, 0.25) is 11.8 Å². The Bertz CT molecular complexity index is 1250. The topological polar surface area (TPSA) is 115 Å². The minimum absolute atomic E-state index is 0.206. The van der Waals surface area contributed by atoms with E-state index in [1.165, 1.54) is 0 Å². The summed E-state index contributed by atoms with van der Waals surface area (Å²) in [5.41, 5.74) is 0.778. The molecule has 0 spiro atoms. The van der Waals surface area contributed by atoms with E-state index in [0.29, 0.717) is 36.4 Å². The fourth-order valence-corrected chi connectivity index (χ4v) is 4.12. The Kier molecular flexibility index (Phi) is 6.64. The van der Waals surface area contributed by atoms with Crippen LogP contribution < -0.4 is 5.32 Å². The van der Waals surface area contributed by atoms with E-state index in [1.807, 2.05) is 76.4 Å². The van der Waals surface area contributed by atoms with E-state index in [0.717, 1.165) is 5.56 Å². The van der Waals surface area contributed by atoms with Crippen molar-refractivity contribution >= 4 is 12.0 Å². The lowest BCUT2D eigenvalue weighted by Crippen LogP contribution is -2.42. The zero-order chi connectivity index (χ0) is 26.3. The summed E-state index contributed by atoms with van der Waals surface area (Å²) < 4.78 is 13.2. The van der Waals surface area contributed by atoms with Crippen LogP contribution in [-0.2, 0) is 17.8 Å². The first kappa shape index (κ1) is 25.4. The summed E-state index contributed by atoms with van der Waals surface area (Å²) in [6.45, 7) is 14.3. The van der Waals surface area contributed by atoms with Crippen molar-refractivity contribution in [3.63, 3.8) is 0 Å². The number of carbonyl (C=O) groups excluding carboxylic acids is 2. The Hall–Kier alpha value is -3.69. The van der Waals surface area contributed by atoms with Gasteiger partial charge < -0.3 is 23.9 Å². The molecule has 0 radical (unpaired) electrons. The van der Waals surface area contributed by atoms with Gasteiger partial charge in [0.15, 0.2) is 5.69 Å². The van der Waals surface area contributed by atoms with Crippen LogP contribution in [0.2, 0.25) is 0 Å². The third kappa shape index (κ3) is 5.42. The molecule has 10 nitrogen and oxygen atoms in total.